The SMILES string of the molecule is [C-]#[N+]c1c(N=NC([N+]#[C-])C(=O)c2ccccc2)n[nH]c1-c1ccccc1. The van der Waals surface area contributed by atoms with E-state index in [-0.39, 0.29) is 11.5 Å². The number of aromatic amines is 1. The summed E-state index contributed by atoms with van der Waals surface area (Å²) in [4.78, 5) is 19.0. The lowest BCUT2D eigenvalue weighted by atomic mass is 10.1. The van der Waals surface area contributed by atoms with Crippen molar-refractivity contribution in [3.63, 3.8) is 0 Å². The third kappa shape index (κ3) is 3.37. The van der Waals surface area contributed by atoms with Gasteiger partial charge in [0, 0.05) is 5.56 Å². The maximum absolute atomic E-state index is 12.3. The van der Waals surface area contributed by atoms with Crippen molar-refractivity contribution in [2.45, 2.75) is 6.17 Å². The number of rotatable bonds is 5. The minimum Gasteiger partial charge on any atom is -0.287 e. The summed E-state index contributed by atoms with van der Waals surface area (Å²) in [6.07, 6.45) is -1.31. The Balaban J connectivity index is 1.89. The molecule has 0 aliphatic heterocycles. The van der Waals surface area contributed by atoms with Crippen LogP contribution in [0.4, 0.5) is 11.5 Å². The third-order valence-electron chi connectivity index (χ3n) is 3.57. The average Bonchev–Trinajstić information content (AvgIpc) is 3.12. The Kier molecular flexibility index (Phi) is 4.93. The number of benzene rings is 2. The number of Topliss-reactive ketones (excluding diaryl/α,β-unsaturated/α-hetero) is 1. The fraction of sp³-hybridized carbons (Fsp3) is 0.0526. The number of carbonyl (C=O) groups excluding carboxylic acids is 1. The molecule has 0 aliphatic carbocycles. The smallest absolute Gasteiger partial charge is 0.287 e. The first-order valence-electron chi connectivity index (χ1n) is 7.62. The standard InChI is InChI=1S/C19H12N6O/c1-20-16-15(13-9-5-3-6-10-13)22-23-18(16)24-25-19(21-2)17(26)14-11-7-4-8-12-14/h3-12,19H,(H,22,23). The summed E-state index contributed by atoms with van der Waals surface area (Å²) in [5.74, 6) is -0.402. The quantitative estimate of drug-likeness (QED) is 0.410. The van der Waals surface area contributed by atoms with E-state index in [2.05, 4.69) is 30.1 Å². The molecule has 0 fully saturated rings. The second kappa shape index (κ2) is 7.65. The fourth-order valence-corrected chi connectivity index (χ4v) is 2.31. The maximum atomic E-state index is 12.3. The number of carbonyl (C=O) groups is 1. The minimum absolute atomic E-state index is 0.0494. The summed E-state index contributed by atoms with van der Waals surface area (Å²) in [6.45, 7) is 14.6. The molecule has 1 unspecified atom stereocenters. The molecule has 0 spiro atoms. The summed E-state index contributed by atoms with van der Waals surface area (Å²) in [5.41, 5.74) is 1.87. The van der Waals surface area contributed by atoms with Crippen LogP contribution in [-0.2, 0) is 0 Å². The van der Waals surface area contributed by atoms with E-state index < -0.39 is 11.9 Å². The molecule has 0 radical (unpaired) electrons. The molecular formula is C19H12N6O. The number of aromatic nitrogens is 2. The van der Waals surface area contributed by atoms with Crippen LogP contribution in [0.2, 0.25) is 0 Å². The third-order valence-corrected chi connectivity index (χ3v) is 3.57. The monoisotopic (exact) mass is 340 g/mol. The van der Waals surface area contributed by atoms with Crippen molar-refractivity contribution in [2.75, 3.05) is 0 Å². The van der Waals surface area contributed by atoms with E-state index in [1.807, 2.05) is 30.3 Å². The number of nitrogens with one attached hydrogen (secondary N) is 1. The number of hydrogen-bond acceptors (Lipinski definition) is 4. The fourth-order valence-electron chi connectivity index (χ4n) is 2.31. The molecule has 1 N–H and O–H groups in total. The van der Waals surface area contributed by atoms with Crippen molar-refractivity contribution in [1.82, 2.24) is 10.2 Å². The van der Waals surface area contributed by atoms with E-state index in [1.165, 1.54) is 0 Å². The van der Waals surface area contributed by atoms with Crippen LogP contribution >= 0.6 is 0 Å². The Labute approximate surface area is 149 Å². The molecule has 26 heavy (non-hydrogen) atoms. The zero-order valence-corrected chi connectivity index (χ0v) is 13.5. The molecule has 3 rings (SSSR count). The molecule has 0 saturated carbocycles. The second-order valence-corrected chi connectivity index (χ2v) is 5.20. The zero-order valence-electron chi connectivity index (χ0n) is 13.5. The first-order valence-corrected chi connectivity index (χ1v) is 7.62. The highest BCUT2D eigenvalue weighted by molar-refractivity contribution is 6.00. The van der Waals surface area contributed by atoms with Crippen molar-refractivity contribution in [2.24, 2.45) is 10.2 Å². The van der Waals surface area contributed by atoms with Gasteiger partial charge in [-0.1, -0.05) is 65.8 Å². The Hall–Kier alpha value is -4.10. The summed E-state index contributed by atoms with van der Waals surface area (Å²) in [5, 5.41) is 14.4. The van der Waals surface area contributed by atoms with Gasteiger partial charge in [-0.2, -0.15) is 5.10 Å². The molecule has 0 saturated heterocycles. The molecule has 1 heterocycles. The number of H-pyrrole nitrogens is 1. The Morgan fingerprint density at radius 1 is 1.04 bits per heavy atom. The normalized spacial score (nSPS) is 11.6. The van der Waals surface area contributed by atoms with Gasteiger partial charge in [0.1, 0.15) is 0 Å². The summed E-state index contributed by atoms with van der Waals surface area (Å²) in [6, 6.07) is 17.7. The molecule has 1 atom stereocenters. The van der Waals surface area contributed by atoms with Crippen molar-refractivity contribution < 1.29 is 4.79 Å². The van der Waals surface area contributed by atoms with Gasteiger partial charge in [-0.3, -0.25) is 14.7 Å². The molecule has 0 bridgehead atoms. The Morgan fingerprint density at radius 2 is 1.69 bits per heavy atom. The van der Waals surface area contributed by atoms with Gasteiger partial charge in [0.25, 0.3) is 11.5 Å². The van der Waals surface area contributed by atoms with E-state index in [1.54, 1.807) is 30.3 Å². The van der Waals surface area contributed by atoms with Gasteiger partial charge >= 0.3 is 6.17 Å². The zero-order chi connectivity index (χ0) is 18.4. The van der Waals surface area contributed by atoms with Crippen LogP contribution in [0.3, 0.4) is 0 Å². The van der Waals surface area contributed by atoms with Gasteiger partial charge in [-0.15, -0.1) is 5.11 Å². The molecular weight excluding hydrogens is 328 g/mol. The molecule has 7 heteroatoms. The lowest BCUT2D eigenvalue weighted by Gasteiger charge is -1.98. The van der Waals surface area contributed by atoms with E-state index >= 15 is 0 Å². The van der Waals surface area contributed by atoms with Crippen LogP contribution in [0.5, 0.6) is 0 Å². The molecule has 3 aromatic rings. The second-order valence-electron chi connectivity index (χ2n) is 5.20. The van der Waals surface area contributed by atoms with Crippen molar-refractivity contribution >= 4 is 17.3 Å². The highest BCUT2D eigenvalue weighted by Crippen LogP contribution is 2.36. The van der Waals surface area contributed by atoms with Gasteiger partial charge in [0.15, 0.2) is 0 Å². The highest BCUT2D eigenvalue weighted by Gasteiger charge is 2.25. The number of nitrogens with zero attached hydrogens (tertiary/aromatic N) is 5. The van der Waals surface area contributed by atoms with E-state index in [0.717, 1.165) is 5.56 Å². The molecule has 0 amide bonds. The van der Waals surface area contributed by atoms with Gasteiger partial charge < -0.3 is 0 Å². The predicted molar refractivity (Wildman–Crippen MR) is 96.0 cm³/mol. The van der Waals surface area contributed by atoms with Gasteiger partial charge in [0.2, 0.25) is 5.82 Å². The van der Waals surface area contributed by atoms with Crippen molar-refractivity contribution in [3.05, 3.63) is 89.1 Å². The van der Waals surface area contributed by atoms with Crippen molar-refractivity contribution in [3.8, 4) is 11.3 Å². The summed E-state index contributed by atoms with van der Waals surface area (Å²) < 4.78 is 0. The Bertz CT molecular complexity index is 1030. The largest absolute Gasteiger partial charge is 0.395 e. The van der Waals surface area contributed by atoms with Crippen LogP contribution in [0.1, 0.15) is 10.4 Å². The highest BCUT2D eigenvalue weighted by atomic mass is 16.1. The van der Waals surface area contributed by atoms with Crippen LogP contribution in [-0.4, -0.2) is 22.1 Å². The minimum atomic E-state index is -1.31. The number of hydrogen-bond donors (Lipinski definition) is 1. The predicted octanol–water partition coefficient (Wildman–Crippen LogP) is 4.84. The maximum Gasteiger partial charge on any atom is 0.395 e. The first-order chi connectivity index (χ1) is 12.7. The Morgan fingerprint density at radius 3 is 2.31 bits per heavy atom. The van der Waals surface area contributed by atoms with Crippen LogP contribution in [0, 0.1) is 13.1 Å². The van der Waals surface area contributed by atoms with Crippen LogP contribution in [0.15, 0.2) is 70.9 Å². The molecule has 1 aromatic heterocycles. The lowest BCUT2D eigenvalue weighted by Crippen LogP contribution is -2.13. The van der Waals surface area contributed by atoms with Crippen LogP contribution in [0.25, 0.3) is 20.9 Å². The van der Waals surface area contributed by atoms with E-state index in [4.69, 9.17) is 13.1 Å². The first kappa shape index (κ1) is 16.7. The van der Waals surface area contributed by atoms with E-state index in [9.17, 15) is 4.79 Å². The van der Waals surface area contributed by atoms with Gasteiger partial charge in [-0.05, 0) is 5.56 Å². The van der Waals surface area contributed by atoms with E-state index in [0.29, 0.717) is 11.3 Å². The van der Waals surface area contributed by atoms with Gasteiger partial charge in [0.05, 0.1) is 12.3 Å². The van der Waals surface area contributed by atoms with Crippen LogP contribution < -0.4 is 0 Å². The summed E-state index contributed by atoms with van der Waals surface area (Å²) in [7, 11) is 0. The van der Waals surface area contributed by atoms with Gasteiger partial charge in [-0.25, -0.2) is 11.4 Å². The molecule has 2 aromatic carbocycles. The van der Waals surface area contributed by atoms with Crippen molar-refractivity contribution in [1.29, 1.82) is 0 Å². The average molecular weight is 340 g/mol. The molecule has 7 nitrogen and oxygen atoms in total. The number of ketones is 1. The molecule has 124 valence electrons. The topological polar surface area (TPSA) is 79.2 Å². The molecule has 0 aliphatic rings. The summed E-state index contributed by atoms with van der Waals surface area (Å²) >= 11 is 0. The lowest BCUT2D eigenvalue weighted by molar-refractivity contribution is 0.0976. The number of azo groups is 1.